The van der Waals surface area contributed by atoms with Crippen LogP contribution in [0.4, 0.5) is 0 Å². The number of aliphatic carboxylic acids is 1. The highest BCUT2D eigenvalue weighted by molar-refractivity contribution is 5.88. The summed E-state index contributed by atoms with van der Waals surface area (Å²) in [4.78, 5) is 13.4. The summed E-state index contributed by atoms with van der Waals surface area (Å²) in [5, 5.41) is 12.7. The van der Waals surface area contributed by atoms with Crippen LogP contribution in [0.15, 0.2) is 54.3 Å². The molecule has 1 aromatic rings. The molecule has 20 heavy (non-hydrogen) atoms. The monoisotopic (exact) mass is 272 g/mol. The molecule has 1 aromatic carbocycles. The molecule has 0 aliphatic carbocycles. The summed E-state index contributed by atoms with van der Waals surface area (Å²) < 4.78 is 0. The molecule has 0 fully saturated rings. The van der Waals surface area contributed by atoms with Crippen LogP contribution in [0.25, 0.3) is 0 Å². The summed E-state index contributed by atoms with van der Waals surface area (Å²) in [7, 11) is 0. The van der Waals surface area contributed by atoms with Gasteiger partial charge in [-0.15, -0.1) is 0 Å². The molecule has 0 amide bonds. The van der Waals surface area contributed by atoms with Crippen molar-refractivity contribution in [2.24, 2.45) is 0 Å². The number of allylic oxidation sites excluding steroid dienone is 2. The molecule has 1 aliphatic rings. The molecule has 2 unspecified atom stereocenters. The summed E-state index contributed by atoms with van der Waals surface area (Å²) in [6.45, 7) is 4.80. The van der Waals surface area contributed by atoms with Gasteiger partial charge in [0.15, 0.2) is 0 Å². The predicted octanol–water partition coefficient (Wildman–Crippen LogP) is 2.52. The Balaban J connectivity index is 2.18. The van der Waals surface area contributed by atoms with Crippen LogP contribution in [0.1, 0.15) is 25.5 Å². The molecule has 0 saturated heterocycles. The van der Waals surface area contributed by atoms with Gasteiger partial charge < -0.3 is 10.0 Å². The Morgan fingerprint density at radius 3 is 2.70 bits per heavy atom. The van der Waals surface area contributed by atoms with Crippen molar-refractivity contribution < 1.29 is 9.90 Å². The van der Waals surface area contributed by atoms with Gasteiger partial charge in [0.1, 0.15) is 6.17 Å². The second-order valence-corrected chi connectivity index (χ2v) is 4.80. The zero-order valence-corrected chi connectivity index (χ0v) is 11.8. The first-order valence-electron chi connectivity index (χ1n) is 6.82. The average Bonchev–Trinajstić information content (AvgIpc) is 2.48. The summed E-state index contributed by atoms with van der Waals surface area (Å²) in [6.07, 6.45) is 5.04. The van der Waals surface area contributed by atoms with Crippen LogP contribution in [0.2, 0.25) is 0 Å². The van der Waals surface area contributed by atoms with Crippen molar-refractivity contribution >= 4 is 5.97 Å². The minimum absolute atomic E-state index is 0.0736. The van der Waals surface area contributed by atoms with Crippen LogP contribution in [0.3, 0.4) is 0 Å². The van der Waals surface area contributed by atoms with Gasteiger partial charge in [0.25, 0.3) is 0 Å². The van der Waals surface area contributed by atoms with Gasteiger partial charge in [-0.05, 0) is 31.6 Å². The number of carboxylic acids is 1. The molecule has 0 aromatic heterocycles. The maximum absolute atomic E-state index is 11.4. The van der Waals surface area contributed by atoms with Crippen LogP contribution in [0, 0.1) is 0 Å². The van der Waals surface area contributed by atoms with Gasteiger partial charge in [0.2, 0.25) is 0 Å². The zero-order valence-electron chi connectivity index (χ0n) is 11.8. The third kappa shape index (κ3) is 3.08. The highest BCUT2D eigenvalue weighted by Gasteiger charge is 2.27. The number of hydrogen-bond donors (Lipinski definition) is 2. The smallest absolute Gasteiger partial charge is 0.335 e. The van der Waals surface area contributed by atoms with Crippen LogP contribution in [0.5, 0.6) is 0 Å². The fraction of sp³-hybridized carbons (Fsp3) is 0.312. The van der Waals surface area contributed by atoms with Crippen molar-refractivity contribution in [3.63, 3.8) is 0 Å². The van der Waals surface area contributed by atoms with Crippen molar-refractivity contribution in [1.82, 2.24) is 10.2 Å². The fourth-order valence-electron chi connectivity index (χ4n) is 2.35. The molecule has 2 N–H and O–H groups in total. The molecule has 2 rings (SSSR count). The first-order valence-corrected chi connectivity index (χ1v) is 6.82. The maximum Gasteiger partial charge on any atom is 0.335 e. The van der Waals surface area contributed by atoms with Crippen molar-refractivity contribution in [2.75, 3.05) is 6.54 Å². The van der Waals surface area contributed by atoms with Crippen molar-refractivity contribution in [3.05, 3.63) is 59.8 Å². The van der Waals surface area contributed by atoms with E-state index in [-0.39, 0.29) is 12.2 Å². The average molecular weight is 272 g/mol. The molecule has 4 heteroatoms. The lowest BCUT2D eigenvalue weighted by atomic mass is 10.0. The molecular formula is C16H20N2O2. The fourth-order valence-corrected chi connectivity index (χ4v) is 2.35. The highest BCUT2D eigenvalue weighted by Crippen LogP contribution is 2.19. The number of rotatable bonds is 5. The Labute approximate surface area is 119 Å². The second-order valence-electron chi connectivity index (χ2n) is 4.80. The standard InChI is InChI=1S/C16H20N2O2/c1-3-18-11-7-10-14(16(19)20)15(18)17-12(2)13-8-5-4-6-9-13/h4-12,15,17H,3H2,1-2H3,(H,19,20). The summed E-state index contributed by atoms with van der Waals surface area (Å²) >= 11 is 0. The molecule has 0 bridgehead atoms. The van der Waals surface area contributed by atoms with Gasteiger partial charge in [-0.1, -0.05) is 30.3 Å². The van der Waals surface area contributed by atoms with Crippen LogP contribution in [-0.4, -0.2) is 28.7 Å². The lowest BCUT2D eigenvalue weighted by molar-refractivity contribution is -0.133. The molecule has 106 valence electrons. The summed E-state index contributed by atoms with van der Waals surface area (Å²) in [5.74, 6) is -0.884. The Kier molecular flexibility index (Phi) is 4.58. The number of benzene rings is 1. The van der Waals surface area contributed by atoms with Gasteiger partial charge in [-0.2, -0.15) is 0 Å². The number of nitrogens with one attached hydrogen (secondary N) is 1. The van der Waals surface area contributed by atoms with E-state index in [1.54, 1.807) is 12.2 Å². The number of carbonyl (C=O) groups is 1. The minimum atomic E-state index is -0.884. The van der Waals surface area contributed by atoms with E-state index >= 15 is 0 Å². The van der Waals surface area contributed by atoms with Gasteiger partial charge >= 0.3 is 5.97 Å². The predicted molar refractivity (Wildman–Crippen MR) is 79.0 cm³/mol. The Morgan fingerprint density at radius 1 is 1.40 bits per heavy atom. The minimum Gasteiger partial charge on any atom is -0.478 e. The summed E-state index contributed by atoms with van der Waals surface area (Å²) in [6, 6.07) is 10.1. The molecule has 1 heterocycles. The van der Waals surface area contributed by atoms with E-state index in [1.807, 2.05) is 55.3 Å². The first kappa shape index (κ1) is 14.3. The van der Waals surface area contributed by atoms with E-state index in [0.29, 0.717) is 5.57 Å². The Hall–Kier alpha value is -2.07. The summed E-state index contributed by atoms with van der Waals surface area (Å²) in [5.41, 5.74) is 1.51. The van der Waals surface area contributed by atoms with Crippen LogP contribution in [-0.2, 0) is 4.79 Å². The van der Waals surface area contributed by atoms with Crippen molar-refractivity contribution in [3.8, 4) is 0 Å². The van der Waals surface area contributed by atoms with Crippen LogP contribution >= 0.6 is 0 Å². The maximum atomic E-state index is 11.4. The largest absolute Gasteiger partial charge is 0.478 e. The molecule has 0 radical (unpaired) electrons. The van der Waals surface area contributed by atoms with Crippen molar-refractivity contribution in [2.45, 2.75) is 26.1 Å². The second kappa shape index (κ2) is 6.39. The first-order chi connectivity index (χ1) is 9.63. The molecular weight excluding hydrogens is 252 g/mol. The number of nitrogens with zero attached hydrogens (tertiary/aromatic N) is 1. The van der Waals surface area contributed by atoms with E-state index in [0.717, 1.165) is 12.1 Å². The molecule has 1 aliphatic heterocycles. The number of likely N-dealkylation sites (N-methyl/N-ethyl adjacent to an activating group) is 1. The molecule has 2 atom stereocenters. The molecule has 0 spiro atoms. The van der Waals surface area contributed by atoms with Gasteiger partial charge in [0, 0.05) is 18.8 Å². The van der Waals surface area contributed by atoms with E-state index in [2.05, 4.69) is 5.32 Å². The van der Waals surface area contributed by atoms with E-state index in [9.17, 15) is 9.90 Å². The third-order valence-corrected chi connectivity index (χ3v) is 3.50. The lowest BCUT2D eigenvalue weighted by Gasteiger charge is -2.35. The molecule has 4 nitrogen and oxygen atoms in total. The highest BCUT2D eigenvalue weighted by atomic mass is 16.4. The van der Waals surface area contributed by atoms with Gasteiger partial charge in [-0.25, -0.2) is 4.79 Å². The topological polar surface area (TPSA) is 52.6 Å². The number of hydrogen-bond acceptors (Lipinski definition) is 3. The van der Waals surface area contributed by atoms with E-state index in [1.165, 1.54) is 0 Å². The Bertz CT molecular complexity index is 523. The zero-order chi connectivity index (χ0) is 14.5. The van der Waals surface area contributed by atoms with Crippen LogP contribution < -0.4 is 5.32 Å². The van der Waals surface area contributed by atoms with E-state index < -0.39 is 5.97 Å². The Morgan fingerprint density at radius 2 is 2.10 bits per heavy atom. The molecule has 0 saturated carbocycles. The van der Waals surface area contributed by atoms with Gasteiger partial charge in [-0.3, -0.25) is 5.32 Å². The number of carboxylic acid groups (broad SMARTS) is 1. The third-order valence-electron chi connectivity index (χ3n) is 3.50. The van der Waals surface area contributed by atoms with Gasteiger partial charge in [0.05, 0.1) is 5.57 Å². The van der Waals surface area contributed by atoms with E-state index in [4.69, 9.17) is 0 Å². The quantitative estimate of drug-likeness (QED) is 0.865. The SMILES string of the molecule is CCN1C=CC=C(C(=O)O)C1NC(C)c1ccccc1. The lowest BCUT2D eigenvalue weighted by Crippen LogP contribution is -2.48. The normalized spacial score (nSPS) is 19.6. The van der Waals surface area contributed by atoms with Crippen molar-refractivity contribution in [1.29, 1.82) is 0 Å².